The molecule has 0 fully saturated rings. The van der Waals surface area contributed by atoms with Gasteiger partial charge in [0.05, 0.1) is 18.4 Å². The van der Waals surface area contributed by atoms with Gasteiger partial charge in [-0.25, -0.2) is 9.07 Å². The lowest BCUT2D eigenvalue weighted by atomic mass is 9.79. The van der Waals surface area contributed by atoms with Gasteiger partial charge in [-0.1, -0.05) is 6.07 Å². The molecule has 21 heavy (non-hydrogen) atoms. The van der Waals surface area contributed by atoms with Crippen molar-refractivity contribution in [3.63, 3.8) is 0 Å². The molecule has 0 radical (unpaired) electrons. The number of hydrogen-bond acceptors (Lipinski definition) is 5. The zero-order chi connectivity index (χ0) is 15.6. The van der Waals surface area contributed by atoms with E-state index in [-0.39, 0.29) is 17.6 Å². The zero-order valence-corrected chi connectivity index (χ0v) is 11.7. The van der Waals surface area contributed by atoms with Crippen LogP contribution in [0.4, 0.5) is 10.1 Å². The number of rotatable bonds is 4. The van der Waals surface area contributed by atoms with Crippen LogP contribution < -0.4 is 15.9 Å². The summed E-state index contributed by atoms with van der Waals surface area (Å²) in [7, 11) is 1.82. The Morgan fingerprint density at radius 2 is 2.00 bits per heavy atom. The minimum absolute atomic E-state index is 0.0305. The van der Waals surface area contributed by atoms with Crippen molar-refractivity contribution in [3.8, 4) is 0 Å². The van der Waals surface area contributed by atoms with E-state index in [0.717, 1.165) is 6.07 Å². The first-order chi connectivity index (χ1) is 9.86. The highest BCUT2D eigenvalue weighted by Gasteiger charge is 2.13. The van der Waals surface area contributed by atoms with Gasteiger partial charge in [0.25, 0.3) is 5.56 Å². The van der Waals surface area contributed by atoms with Crippen molar-refractivity contribution >= 4 is 18.3 Å². The number of hydrogen-bond donors (Lipinski definition) is 2. The topological polar surface area (TPSA) is 78.6 Å². The number of anilines is 1. The van der Waals surface area contributed by atoms with Crippen LogP contribution in [-0.4, -0.2) is 41.0 Å². The van der Waals surface area contributed by atoms with Crippen LogP contribution in [0.25, 0.3) is 0 Å². The van der Waals surface area contributed by atoms with Gasteiger partial charge in [-0.15, -0.1) is 0 Å². The number of benzene rings is 1. The van der Waals surface area contributed by atoms with Crippen LogP contribution in [0.5, 0.6) is 0 Å². The van der Waals surface area contributed by atoms with E-state index >= 15 is 0 Å². The molecule has 6 nitrogen and oxygen atoms in total. The lowest BCUT2D eigenvalue weighted by Gasteiger charge is -2.12. The van der Waals surface area contributed by atoms with E-state index in [1.807, 2.05) is 0 Å². The molecule has 0 bridgehead atoms. The van der Waals surface area contributed by atoms with E-state index in [2.05, 4.69) is 5.10 Å². The summed E-state index contributed by atoms with van der Waals surface area (Å²) in [6.07, 6.45) is 1.53. The molecule has 0 aliphatic carbocycles. The summed E-state index contributed by atoms with van der Waals surface area (Å²) in [4.78, 5) is 13.7. The van der Waals surface area contributed by atoms with E-state index in [4.69, 9.17) is 10.0 Å². The Morgan fingerprint density at radius 1 is 1.29 bits per heavy atom. The lowest BCUT2D eigenvalue weighted by Crippen LogP contribution is -2.31. The van der Waals surface area contributed by atoms with Gasteiger partial charge in [-0.05, 0) is 23.2 Å². The molecule has 2 aromatic rings. The van der Waals surface area contributed by atoms with Crippen LogP contribution in [0.15, 0.2) is 35.3 Å². The smallest absolute Gasteiger partial charge is 0.423 e. The average Bonchev–Trinajstić information content (AvgIpc) is 2.40. The molecule has 110 valence electrons. The molecule has 0 saturated carbocycles. The molecule has 0 amide bonds. The van der Waals surface area contributed by atoms with Crippen molar-refractivity contribution in [2.45, 2.75) is 6.54 Å². The van der Waals surface area contributed by atoms with Crippen molar-refractivity contribution in [1.29, 1.82) is 0 Å². The molecule has 2 N–H and O–H groups in total. The van der Waals surface area contributed by atoms with Crippen LogP contribution in [0.1, 0.15) is 5.56 Å². The molecule has 0 aliphatic heterocycles. The standard InChI is InChI=1S/C13H15BFN3O3/c1-17(2)12-6-13(19)18(16-7-12)8-9-3-10(14(20)21)5-11(15)4-9/h3-7,20-21H,8H2,1-2H3. The Balaban J connectivity index is 2.32. The SMILES string of the molecule is CN(C)c1cnn(Cc2cc(F)cc(B(O)O)c2)c(=O)c1. The van der Waals surface area contributed by atoms with Crippen LogP contribution in [0.3, 0.4) is 0 Å². The number of halogens is 1. The first kappa shape index (κ1) is 15.2. The monoisotopic (exact) mass is 291 g/mol. The van der Waals surface area contributed by atoms with Gasteiger partial charge >= 0.3 is 7.12 Å². The summed E-state index contributed by atoms with van der Waals surface area (Å²) in [6, 6.07) is 5.09. The first-order valence-corrected chi connectivity index (χ1v) is 6.27. The predicted octanol–water partition coefficient (Wildman–Crippen LogP) is -0.824. The second-order valence-corrected chi connectivity index (χ2v) is 4.87. The van der Waals surface area contributed by atoms with Crippen molar-refractivity contribution in [2.24, 2.45) is 0 Å². The Kier molecular flexibility index (Phi) is 4.39. The summed E-state index contributed by atoms with van der Waals surface area (Å²) in [5.74, 6) is -0.603. The Hall–Kier alpha value is -2.19. The quantitative estimate of drug-likeness (QED) is 0.719. The minimum atomic E-state index is -1.76. The van der Waals surface area contributed by atoms with Gasteiger partial charge in [-0.3, -0.25) is 4.79 Å². The van der Waals surface area contributed by atoms with Crippen molar-refractivity contribution in [1.82, 2.24) is 9.78 Å². The Labute approximate surface area is 121 Å². The van der Waals surface area contributed by atoms with Crippen LogP contribution in [0, 0.1) is 5.82 Å². The molecule has 2 rings (SSSR count). The van der Waals surface area contributed by atoms with Gasteiger partial charge in [0.1, 0.15) is 5.82 Å². The maximum absolute atomic E-state index is 13.4. The van der Waals surface area contributed by atoms with E-state index in [1.54, 1.807) is 19.0 Å². The molecule has 1 aromatic heterocycles. The van der Waals surface area contributed by atoms with Crippen LogP contribution >= 0.6 is 0 Å². The summed E-state index contributed by atoms with van der Waals surface area (Å²) >= 11 is 0. The molecule has 0 aliphatic rings. The second kappa shape index (κ2) is 6.07. The number of nitrogens with zero attached hydrogens (tertiary/aromatic N) is 3. The van der Waals surface area contributed by atoms with E-state index in [9.17, 15) is 9.18 Å². The van der Waals surface area contributed by atoms with Gasteiger partial charge in [0.15, 0.2) is 0 Å². The van der Waals surface area contributed by atoms with Crippen LogP contribution in [0.2, 0.25) is 0 Å². The summed E-state index contributed by atoms with van der Waals surface area (Å²) < 4.78 is 14.6. The number of aromatic nitrogens is 2. The maximum atomic E-state index is 13.4. The van der Waals surface area contributed by atoms with Gasteiger partial charge in [0, 0.05) is 20.2 Å². The second-order valence-electron chi connectivity index (χ2n) is 4.87. The lowest BCUT2D eigenvalue weighted by molar-refractivity contribution is 0.425. The van der Waals surface area contributed by atoms with Crippen LogP contribution in [-0.2, 0) is 6.54 Å². The minimum Gasteiger partial charge on any atom is -0.423 e. The third-order valence-corrected chi connectivity index (χ3v) is 2.98. The van der Waals surface area contributed by atoms with Gasteiger partial charge < -0.3 is 14.9 Å². The molecular formula is C13H15BFN3O3. The summed E-state index contributed by atoms with van der Waals surface area (Å²) in [6.45, 7) is 0.0457. The molecule has 0 unspecified atom stereocenters. The van der Waals surface area contributed by atoms with E-state index in [1.165, 1.54) is 29.1 Å². The summed E-state index contributed by atoms with van der Waals surface area (Å²) in [5.41, 5.74) is 0.798. The largest absolute Gasteiger partial charge is 0.488 e. The average molecular weight is 291 g/mol. The molecule has 1 heterocycles. The first-order valence-electron chi connectivity index (χ1n) is 6.27. The zero-order valence-electron chi connectivity index (χ0n) is 11.7. The Bertz CT molecular complexity index is 703. The molecule has 0 atom stereocenters. The molecular weight excluding hydrogens is 276 g/mol. The molecule has 0 spiro atoms. The van der Waals surface area contributed by atoms with Crippen molar-refractivity contribution in [3.05, 3.63) is 52.2 Å². The van der Waals surface area contributed by atoms with E-state index < -0.39 is 12.9 Å². The van der Waals surface area contributed by atoms with Gasteiger partial charge in [0.2, 0.25) is 0 Å². The fourth-order valence-electron chi connectivity index (χ4n) is 1.88. The normalized spacial score (nSPS) is 10.5. The van der Waals surface area contributed by atoms with Gasteiger partial charge in [-0.2, -0.15) is 5.10 Å². The predicted molar refractivity (Wildman–Crippen MR) is 78.2 cm³/mol. The fourth-order valence-corrected chi connectivity index (χ4v) is 1.88. The summed E-state index contributed by atoms with van der Waals surface area (Å²) in [5, 5.41) is 22.2. The van der Waals surface area contributed by atoms with Crippen molar-refractivity contribution < 1.29 is 14.4 Å². The van der Waals surface area contributed by atoms with Crippen molar-refractivity contribution in [2.75, 3.05) is 19.0 Å². The highest BCUT2D eigenvalue weighted by molar-refractivity contribution is 6.58. The highest BCUT2D eigenvalue weighted by Crippen LogP contribution is 2.06. The molecule has 0 saturated heterocycles. The highest BCUT2D eigenvalue weighted by atomic mass is 19.1. The maximum Gasteiger partial charge on any atom is 0.488 e. The molecule has 1 aromatic carbocycles. The Morgan fingerprint density at radius 3 is 2.57 bits per heavy atom. The third kappa shape index (κ3) is 3.68. The van der Waals surface area contributed by atoms with E-state index in [0.29, 0.717) is 11.3 Å². The fraction of sp³-hybridized carbons (Fsp3) is 0.231. The molecule has 8 heteroatoms. The third-order valence-electron chi connectivity index (χ3n) is 2.98.